The number of halogens is 1. The summed E-state index contributed by atoms with van der Waals surface area (Å²) in [6, 6.07) is 1.12. The smallest absolute Gasteiger partial charge is 0.330 e. The summed E-state index contributed by atoms with van der Waals surface area (Å²) in [4.78, 5) is 24.4. The molecule has 3 N–H and O–H groups in total. The van der Waals surface area contributed by atoms with Crippen LogP contribution < -0.4 is 11.2 Å². The van der Waals surface area contributed by atoms with Gasteiger partial charge in [0.1, 0.15) is 6.10 Å². The highest BCUT2D eigenvalue weighted by molar-refractivity contribution is 6.25. The number of aromatic amines is 1. The van der Waals surface area contributed by atoms with Crippen molar-refractivity contribution in [2.45, 2.75) is 18.6 Å². The molecule has 0 aliphatic carbocycles. The van der Waals surface area contributed by atoms with E-state index in [2.05, 4.69) is 0 Å². The maximum absolute atomic E-state index is 11.5. The summed E-state index contributed by atoms with van der Waals surface area (Å²) in [6.07, 6.45) is -2.63. The summed E-state index contributed by atoms with van der Waals surface area (Å²) in [6.45, 7) is 0. The van der Waals surface area contributed by atoms with Gasteiger partial charge in [0.25, 0.3) is 5.56 Å². The predicted octanol–water partition coefficient (Wildman–Crippen LogP) is -1.13. The average Bonchev–Trinajstić information content (AvgIpc) is 2.55. The normalized spacial score (nSPS) is 31.0. The number of hydrogen-bond acceptors (Lipinski definition) is 5. The van der Waals surface area contributed by atoms with Crippen LogP contribution in [-0.4, -0.2) is 32.2 Å². The molecular formula is C9H9ClN2O5. The molecule has 92 valence electrons. The molecule has 0 spiro atoms. The lowest BCUT2D eigenvalue weighted by Crippen LogP contribution is -2.32. The van der Waals surface area contributed by atoms with Gasteiger partial charge in [-0.05, 0) is 0 Å². The molecule has 0 aromatic carbocycles. The van der Waals surface area contributed by atoms with Crippen molar-refractivity contribution >= 4 is 11.6 Å². The number of hydrogen-bond donors (Lipinski definition) is 3. The Morgan fingerprint density at radius 1 is 1.47 bits per heavy atom. The Bertz CT molecular complexity index is 563. The fourth-order valence-corrected chi connectivity index (χ4v) is 1.79. The van der Waals surface area contributed by atoms with Gasteiger partial charge < -0.3 is 14.9 Å². The molecule has 0 bridgehead atoms. The fourth-order valence-electron chi connectivity index (χ4n) is 1.55. The highest BCUT2D eigenvalue weighted by Gasteiger charge is 2.39. The maximum Gasteiger partial charge on any atom is 0.330 e. The molecule has 0 unspecified atom stereocenters. The van der Waals surface area contributed by atoms with Crippen LogP contribution in [0.5, 0.6) is 0 Å². The number of ether oxygens (including phenoxy) is 1. The molecule has 3 atom stereocenters. The van der Waals surface area contributed by atoms with Crippen molar-refractivity contribution in [3.8, 4) is 0 Å². The van der Waals surface area contributed by atoms with Gasteiger partial charge in [0.15, 0.2) is 12.5 Å². The van der Waals surface area contributed by atoms with Gasteiger partial charge in [-0.25, -0.2) is 4.79 Å². The molecule has 17 heavy (non-hydrogen) atoms. The van der Waals surface area contributed by atoms with E-state index in [4.69, 9.17) is 16.3 Å². The Kier molecular flexibility index (Phi) is 3.16. The first-order chi connectivity index (χ1) is 8.04. The van der Waals surface area contributed by atoms with Gasteiger partial charge in [-0.3, -0.25) is 14.3 Å². The van der Waals surface area contributed by atoms with Gasteiger partial charge in [0, 0.05) is 23.4 Å². The average molecular weight is 261 g/mol. The van der Waals surface area contributed by atoms with Gasteiger partial charge in [-0.1, -0.05) is 11.6 Å². The molecule has 1 saturated heterocycles. The molecule has 1 fully saturated rings. The minimum atomic E-state index is -1.47. The highest BCUT2D eigenvalue weighted by atomic mass is 35.5. The van der Waals surface area contributed by atoms with Crippen molar-refractivity contribution in [3.05, 3.63) is 44.2 Å². The zero-order valence-corrected chi connectivity index (χ0v) is 9.16. The van der Waals surface area contributed by atoms with Crippen LogP contribution in [0.25, 0.3) is 0 Å². The van der Waals surface area contributed by atoms with Crippen LogP contribution in [0, 0.1) is 0 Å². The molecule has 7 nitrogen and oxygen atoms in total. The molecule has 8 heteroatoms. The van der Waals surface area contributed by atoms with Gasteiger partial charge >= 0.3 is 5.69 Å². The Labute approximate surface area is 99.5 Å². The van der Waals surface area contributed by atoms with E-state index >= 15 is 0 Å². The standard InChI is InChI=1S/C9H9ClN2O5/c10-3-4-6(14)8(15)17-7(4)12-2-1-5(13)11-9(12)16/h1-3,6-8,14-15H,(H,11,13,16)/b4-3-/t6-,7+,8-/m0/s1. The molecule has 0 radical (unpaired) electrons. The van der Waals surface area contributed by atoms with E-state index in [1.807, 2.05) is 4.98 Å². The largest absolute Gasteiger partial charge is 0.383 e. The van der Waals surface area contributed by atoms with Crippen LogP contribution in [0.3, 0.4) is 0 Å². The second-order valence-electron chi connectivity index (χ2n) is 3.45. The van der Waals surface area contributed by atoms with Crippen LogP contribution in [0.15, 0.2) is 33.0 Å². The summed E-state index contributed by atoms with van der Waals surface area (Å²) >= 11 is 5.50. The van der Waals surface area contributed by atoms with E-state index in [9.17, 15) is 19.8 Å². The molecule has 2 heterocycles. The molecule has 1 aliphatic heterocycles. The summed E-state index contributed by atoms with van der Waals surface area (Å²) < 4.78 is 5.99. The molecule has 1 aliphatic rings. The van der Waals surface area contributed by atoms with Crippen LogP contribution in [0.1, 0.15) is 6.23 Å². The summed E-state index contributed by atoms with van der Waals surface area (Å²) in [5.41, 5.74) is -0.113. The first-order valence-corrected chi connectivity index (χ1v) is 5.11. The Morgan fingerprint density at radius 3 is 2.76 bits per heavy atom. The first kappa shape index (κ1) is 12.1. The second kappa shape index (κ2) is 4.46. The number of aliphatic hydroxyl groups is 2. The van der Waals surface area contributed by atoms with E-state index < -0.39 is 29.9 Å². The SMILES string of the molecule is O=c1ccn([C@@H]2O[C@H](O)[C@@H](O)/C2=C/Cl)c(=O)[nH]1. The number of nitrogens with one attached hydrogen (secondary N) is 1. The van der Waals surface area contributed by atoms with E-state index in [1.54, 1.807) is 0 Å². The van der Waals surface area contributed by atoms with E-state index in [1.165, 1.54) is 6.20 Å². The van der Waals surface area contributed by atoms with Gasteiger partial charge in [-0.2, -0.15) is 0 Å². The van der Waals surface area contributed by atoms with Crippen molar-refractivity contribution in [2.75, 3.05) is 0 Å². The van der Waals surface area contributed by atoms with Crippen molar-refractivity contribution in [1.82, 2.24) is 9.55 Å². The lowest BCUT2D eigenvalue weighted by molar-refractivity contribution is -0.142. The first-order valence-electron chi connectivity index (χ1n) is 4.68. The molecule has 0 saturated carbocycles. The van der Waals surface area contributed by atoms with E-state index in [0.717, 1.165) is 16.2 Å². The Morgan fingerprint density at radius 2 is 2.18 bits per heavy atom. The van der Waals surface area contributed by atoms with Gasteiger partial charge in [0.2, 0.25) is 0 Å². The predicted molar refractivity (Wildman–Crippen MR) is 57.4 cm³/mol. The van der Waals surface area contributed by atoms with Crippen LogP contribution in [-0.2, 0) is 4.74 Å². The molecule has 1 aromatic heterocycles. The van der Waals surface area contributed by atoms with Crippen LogP contribution in [0.4, 0.5) is 0 Å². The van der Waals surface area contributed by atoms with Crippen molar-refractivity contribution in [2.24, 2.45) is 0 Å². The molecular weight excluding hydrogens is 252 g/mol. The topological polar surface area (TPSA) is 105 Å². The number of rotatable bonds is 1. The molecule has 2 rings (SSSR count). The summed E-state index contributed by atoms with van der Waals surface area (Å²) in [7, 11) is 0. The Balaban J connectivity index is 2.48. The zero-order valence-electron chi connectivity index (χ0n) is 8.41. The lowest BCUT2D eigenvalue weighted by atomic mass is 10.2. The quantitative estimate of drug-likeness (QED) is 0.592. The fraction of sp³-hybridized carbons (Fsp3) is 0.333. The highest BCUT2D eigenvalue weighted by Crippen LogP contribution is 2.32. The lowest BCUT2D eigenvalue weighted by Gasteiger charge is -2.13. The number of aromatic nitrogens is 2. The van der Waals surface area contributed by atoms with Crippen LogP contribution in [0.2, 0.25) is 0 Å². The third kappa shape index (κ3) is 2.05. The third-order valence-electron chi connectivity index (χ3n) is 2.39. The number of H-pyrrole nitrogens is 1. The minimum Gasteiger partial charge on any atom is -0.383 e. The van der Waals surface area contributed by atoms with Crippen LogP contribution >= 0.6 is 11.6 Å². The summed E-state index contributed by atoms with van der Waals surface area (Å²) in [5, 5.41) is 18.8. The molecule has 1 aromatic rings. The summed E-state index contributed by atoms with van der Waals surface area (Å²) in [5.74, 6) is 0. The van der Waals surface area contributed by atoms with Crippen molar-refractivity contribution in [1.29, 1.82) is 0 Å². The monoisotopic (exact) mass is 260 g/mol. The Hall–Kier alpha value is -1.41. The van der Waals surface area contributed by atoms with Gasteiger partial charge in [0.05, 0.1) is 0 Å². The minimum absolute atomic E-state index is 0.133. The number of aliphatic hydroxyl groups excluding tert-OH is 2. The van der Waals surface area contributed by atoms with E-state index in [-0.39, 0.29) is 5.57 Å². The zero-order chi connectivity index (χ0) is 12.6. The van der Waals surface area contributed by atoms with E-state index in [0.29, 0.717) is 0 Å². The van der Waals surface area contributed by atoms with Gasteiger partial charge in [-0.15, -0.1) is 0 Å². The second-order valence-corrected chi connectivity index (χ2v) is 3.67. The molecule has 0 amide bonds. The third-order valence-corrected chi connectivity index (χ3v) is 2.65. The number of nitrogens with zero attached hydrogens (tertiary/aromatic N) is 1. The van der Waals surface area contributed by atoms with Crippen molar-refractivity contribution < 1.29 is 14.9 Å². The maximum atomic E-state index is 11.5. The van der Waals surface area contributed by atoms with Crippen molar-refractivity contribution in [3.63, 3.8) is 0 Å².